The van der Waals surface area contributed by atoms with Crippen LogP contribution >= 0.6 is 0 Å². The molecule has 0 atom stereocenters. The highest BCUT2D eigenvalue weighted by molar-refractivity contribution is 5.75. The number of rotatable bonds is 7. The third kappa shape index (κ3) is 5.41. The fourth-order valence-electron chi connectivity index (χ4n) is 1.66. The van der Waals surface area contributed by atoms with Gasteiger partial charge in [-0.1, -0.05) is 0 Å². The Morgan fingerprint density at radius 2 is 2.26 bits per heavy atom. The summed E-state index contributed by atoms with van der Waals surface area (Å²) < 4.78 is 1.71. The zero-order valence-corrected chi connectivity index (χ0v) is 11.3. The molecule has 7 heteroatoms. The van der Waals surface area contributed by atoms with Crippen LogP contribution in [0.2, 0.25) is 0 Å². The normalized spacial score (nSPS) is 10.2. The number of hydrogen-bond acceptors (Lipinski definition) is 3. The highest BCUT2D eigenvalue weighted by atomic mass is 16.4. The van der Waals surface area contributed by atoms with E-state index in [0.717, 1.165) is 5.56 Å². The van der Waals surface area contributed by atoms with Gasteiger partial charge in [0.2, 0.25) is 0 Å². The molecule has 0 bridgehead atoms. The number of carboxylic acids is 1. The van der Waals surface area contributed by atoms with Crippen molar-refractivity contribution in [3.8, 4) is 0 Å². The van der Waals surface area contributed by atoms with E-state index in [1.165, 1.54) is 4.90 Å². The van der Waals surface area contributed by atoms with Crippen molar-refractivity contribution in [2.24, 2.45) is 7.05 Å². The maximum atomic E-state index is 11.8. The Balaban J connectivity index is 2.30. The highest BCUT2D eigenvalue weighted by Crippen LogP contribution is 1.97. The zero-order valence-electron chi connectivity index (χ0n) is 11.3. The molecule has 0 saturated heterocycles. The number of nitrogens with one attached hydrogen (secondary N) is 1. The number of nitrogens with zero attached hydrogens (tertiary/aromatic N) is 3. The number of hydrogen-bond donors (Lipinski definition) is 2. The van der Waals surface area contributed by atoms with Gasteiger partial charge in [0.1, 0.15) is 0 Å². The van der Waals surface area contributed by atoms with E-state index >= 15 is 0 Å². The Bertz CT molecular complexity index is 430. The molecule has 7 nitrogen and oxygen atoms in total. The van der Waals surface area contributed by atoms with Crippen molar-refractivity contribution in [3.05, 3.63) is 18.0 Å². The van der Waals surface area contributed by atoms with Crippen LogP contribution in [0.25, 0.3) is 0 Å². The van der Waals surface area contributed by atoms with Gasteiger partial charge < -0.3 is 15.3 Å². The van der Waals surface area contributed by atoms with Crippen LogP contribution in [0, 0.1) is 0 Å². The third-order valence-electron chi connectivity index (χ3n) is 2.71. The highest BCUT2D eigenvalue weighted by Gasteiger charge is 2.12. The van der Waals surface area contributed by atoms with E-state index < -0.39 is 5.97 Å². The molecule has 1 heterocycles. The van der Waals surface area contributed by atoms with E-state index in [1.807, 2.05) is 20.2 Å². The monoisotopic (exact) mass is 268 g/mol. The molecule has 0 aliphatic carbocycles. The van der Waals surface area contributed by atoms with Crippen LogP contribution in [0.4, 0.5) is 4.79 Å². The van der Waals surface area contributed by atoms with E-state index in [0.29, 0.717) is 19.5 Å². The molecule has 0 spiro atoms. The van der Waals surface area contributed by atoms with Crippen molar-refractivity contribution < 1.29 is 14.7 Å². The van der Waals surface area contributed by atoms with Gasteiger partial charge in [0.25, 0.3) is 0 Å². The van der Waals surface area contributed by atoms with Crippen molar-refractivity contribution in [2.45, 2.75) is 19.8 Å². The maximum Gasteiger partial charge on any atom is 0.317 e. The second-order valence-corrected chi connectivity index (χ2v) is 4.23. The summed E-state index contributed by atoms with van der Waals surface area (Å²) in [6.45, 7) is 3.05. The van der Waals surface area contributed by atoms with Crippen LogP contribution in [0.15, 0.2) is 12.4 Å². The molecule has 106 valence electrons. The minimum absolute atomic E-state index is 0.0378. The van der Waals surface area contributed by atoms with E-state index in [9.17, 15) is 9.59 Å². The first-order valence-electron chi connectivity index (χ1n) is 6.25. The summed E-state index contributed by atoms with van der Waals surface area (Å²) in [6, 6.07) is -0.229. The van der Waals surface area contributed by atoms with E-state index in [4.69, 9.17) is 5.11 Å². The number of aryl methyl sites for hydroxylation is 1. The van der Waals surface area contributed by atoms with Crippen LogP contribution < -0.4 is 5.32 Å². The summed E-state index contributed by atoms with van der Waals surface area (Å²) >= 11 is 0. The number of aromatic nitrogens is 2. The molecule has 1 aromatic heterocycles. The van der Waals surface area contributed by atoms with Gasteiger partial charge in [0.05, 0.1) is 12.6 Å². The van der Waals surface area contributed by atoms with Crippen LogP contribution in [-0.2, 0) is 18.3 Å². The Morgan fingerprint density at radius 3 is 2.79 bits per heavy atom. The predicted molar refractivity (Wildman–Crippen MR) is 69.8 cm³/mol. The molecular formula is C12H20N4O3. The summed E-state index contributed by atoms with van der Waals surface area (Å²) in [7, 11) is 1.84. The summed E-state index contributed by atoms with van der Waals surface area (Å²) in [5.41, 5.74) is 1.05. The van der Waals surface area contributed by atoms with Crippen molar-refractivity contribution in [1.82, 2.24) is 20.0 Å². The fraction of sp³-hybridized carbons (Fsp3) is 0.583. The van der Waals surface area contributed by atoms with Gasteiger partial charge in [-0.15, -0.1) is 0 Å². The van der Waals surface area contributed by atoms with Gasteiger partial charge in [0.15, 0.2) is 0 Å². The first-order chi connectivity index (χ1) is 9.02. The average Bonchev–Trinajstić information content (AvgIpc) is 2.75. The lowest BCUT2D eigenvalue weighted by atomic mass is 10.2. The van der Waals surface area contributed by atoms with Crippen molar-refractivity contribution in [1.29, 1.82) is 0 Å². The lowest BCUT2D eigenvalue weighted by molar-refractivity contribution is -0.137. The summed E-state index contributed by atoms with van der Waals surface area (Å²) in [4.78, 5) is 23.7. The standard InChI is InChI=1S/C12H20N4O3/c1-3-16(7-5-11(17)18)12(19)13-6-4-10-8-14-15(2)9-10/h8-9H,3-7H2,1-2H3,(H,13,19)(H,17,18). The van der Waals surface area contributed by atoms with Crippen LogP contribution in [0.3, 0.4) is 0 Å². The largest absolute Gasteiger partial charge is 0.481 e. The predicted octanol–water partition coefficient (Wildman–Crippen LogP) is 0.469. The summed E-state index contributed by atoms with van der Waals surface area (Å²) in [6.07, 6.45) is 4.32. The lowest BCUT2D eigenvalue weighted by Crippen LogP contribution is -2.41. The lowest BCUT2D eigenvalue weighted by Gasteiger charge is -2.20. The van der Waals surface area contributed by atoms with Crippen LogP contribution in [0.5, 0.6) is 0 Å². The first-order valence-corrected chi connectivity index (χ1v) is 6.25. The number of carbonyl (C=O) groups is 2. The van der Waals surface area contributed by atoms with Crippen molar-refractivity contribution >= 4 is 12.0 Å². The van der Waals surface area contributed by atoms with Gasteiger partial charge in [-0.25, -0.2) is 4.79 Å². The zero-order chi connectivity index (χ0) is 14.3. The summed E-state index contributed by atoms with van der Waals surface area (Å²) in [5.74, 6) is -0.901. The molecule has 0 aliphatic rings. The van der Waals surface area contributed by atoms with Gasteiger partial charge in [-0.05, 0) is 18.9 Å². The minimum Gasteiger partial charge on any atom is -0.481 e. The van der Waals surface area contributed by atoms with Gasteiger partial charge in [0, 0.05) is 32.9 Å². The topological polar surface area (TPSA) is 87.5 Å². The number of amides is 2. The molecule has 19 heavy (non-hydrogen) atoms. The molecule has 2 amide bonds. The van der Waals surface area contributed by atoms with Gasteiger partial charge in [-0.2, -0.15) is 5.10 Å². The molecule has 1 rings (SSSR count). The molecule has 0 aromatic carbocycles. The molecule has 0 radical (unpaired) electrons. The molecule has 1 aromatic rings. The number of aliphatic carboxylic acids is 1. The quantitative estimate of drug-likeness (QED) is 0.752. The fourth-order valence-corrected chi connectivity index (χ4v) is 1.66. The third-order valence-corrected chi connectivity index (χ3v) is 2.71. The van der Waals surface area contributed by atoms with E-state index in [1.54, 1.807) is 10.9 Å². The molecule has 2 N–H and O–H groups in total. The Kier molecular flexibility index (Phi) is 5.84. The minimum atomic E-state index is -0.901. The number of carboxylic acid groups (broad SMARTS) is 1. The van der Waals surface area contributed by atoms with Crippen molar-refractivity contribution in [3.63, 3.8) is 0 Å². The number of urea groups is 1. The van der Waals surface area contributed by atoms with Crippen LogP contribution in [0.1, 0.15) is 18.9 Å². The second-order valence-electron chi connectivity index (χ2n) is 4.23. The second kappa shape index (κ2) is 7.40. The van der Waals surface area contributed by atoms with E-state index in [-0.39, 0.29) is 19.0 Å². The Labute approximate surface area is 112 Å². The number of carbonyl (C=O) groups excluding carboxylic acids is 1. The molecule has 0 saturated carbocycles. The van der Waals surface area contributed by atoms with E-state index in [2.05, 4.69) is 10.4 Å². The van der Waals surface area contributed by atoms with Crippen LogP contribution in [-0.4, -0.2) is 51.4 Å². The Morgan fingerprint density at radius 1 is 1.53 bits per heavy atom. The SMILES string of the molecule is CCN(CCC(=O)O)C(=O)NCCc1cnn(C)c1. The maximum absolute atomic E-state index is 11.8. The first kappa shape index (κ1) is 15.0. The van der Waals surface area contributed by atoms with Crippen molar-refractivity contribution in [2.75, 3.05) is 19.6 Å². The Hall–Kier alpha value is -2.05. The summed E-state index contributed by atoms with van der Waals surface area (Å²) in [5, 5.41) is 15.4. The molecule has 0 aliphatic heterocycles. The average molecular weight is 268 g/mol. The van der Waals surface area contributed by atoms with Gasteiger partial charge >= 0.3 is 12.0 Å². The smallest absolute Gasteiger partial charge is 0.317 e. The van der Waals surface area contributed by atoms with Gasteiger partial charge in [-0.3, -0.25) is 9.48 Å². The molecule has 0 fully saturated rings. The molecule has 0 unspecified atom stereocenters. The molecular weight excluding hydrogens is 248 g/mol.